The number of amides is 2. The van der Waals surface area contributed by atoms with Gasteiger partial charge in [0.25, 0.3) is 0 Å². The summed E-state index contributed by atoms with van der Waals surface area (Å²) in [5, 5.41) is 44.3. The third-order valence-corrected chi connectivity index (χ3v) is 10.7. The van der Waals surface area contributed by atoms with Gasteiger partial charge in [-0.1, -0.05) is 109 Å². The van der Waals surface area contributed by atoms with Crippen LogP contribution in [0.15, 0.2) is 0 Å². The molecule has 0 aromatic rings. The summed E-state index contributed by atoms with van der Waals surface area (Å²) in [6, 6.07) is 0. The van der Waals surface area contributed by atoms with Crippen molar-refractivity contribution in [2.75, 3.05) is 119 Å². The van der Waals surface area contributed by atoms with Gasteiger partial charge in [-0.15, -0.1) is 0 Å². The number of nitrogens with one attached hydrogen (secondary N) is 2. The van der Waals surface area contributed by atoms with Gasteiger partial charge in [0, 0.05) is 32.4 Å². The third-order valence-electron chi connectivity index (χ3n) is 10.7. The molecule has 3 unspecified atom stereocenters. The van der Waals surface area contributed by atoms with Gasteiger partial charge in [-0.25, -0.2) is 0 Å². The Morgan fingerprint density at radius 2 is 0.881 bits per heavy atom. The van der Waals surface area contributed by atoms with Crippen LogP contribution in [0.2, 0.25) is 0 Å². The summed E-state index contributed by atoms with van der Waals surface area (Å²) in [5.74, 6) is 12.2. The van der Waals surface area contributed by atoms with Gasteiger partial charge in [0.05, 0.1) is 99.1 Å². The van der Waals surface area contributed by atoms with Crippen molar-refractivity contribution in [1.29, 1.82) is 0 Å². The Labute approximate surface area is 402 Å². The molecular formula is C50H90N2O15. The van der Waals surface area contributed by atoms with E-state index in [0.717, 1.165) is 38.5 Å². The Balaban J connectivity index is 1.74. The van der Waals surface area contributed by atoms with E-state index in [1.54, 1.807) is 0 Å². The zero-order valence-electron chi connectivity index (χ0n) is 41.0. The predicted molar refractivity (Wildman–Crippen MR) is 255 cm³/mol. The van der Waals surface area contributed by atoms with Crippen LogP contribution in [0.5, 0.6) is 0 Å². The van der Waals surface area contributed by atoms with E-state index in [-0.39, 0.29) is 38.2 Å². The van der Waals surface area contributed by atoms with Crippen molar-refractivity contribution in [3.63, 3.8) is 0 Å². The number of rotatable bonds is 47. The first-order valence-corrected chi connectivity index (χ1v) is 25.4. The van der Waals surface area contributed by atoms with E-state index in [1.165, 1.54) is 83.5 Å². The quantitative estimate of drug-likeness (QED) is 0.0375. The molecule has 17 nitrogen and oxygen atoms in total. The van der Waals surface area contributed by atoms with E-state index in [0.29, 0.717) is 92.2 Å². The molecule has 67 heavy (non-hydrogen) atoms. The van der Waals surface area contributed by atoms with Crippen LogP contribution >= 0.6 is 0 Å². The second kappa shape index (κ2) is 48.6. The monoisotopic (exact) mass is 959 g/mol. The number of ether oxygens (including phenoxy) is 9. The van der Waals surface area contributed by atoms with Crippen LogP contribution in [0.25, 0.3) is 0 Å². The minimum Gasteiger partial charge on any atom is -0.394 e. The molecule has 0 spiro atoms. The summed E-state index contributed by atoms with van der Waals surface area (Å²) >= 11 is 0. The van der Waals surface area contributed by atoms with Crippen molar-refractivity contribution >= 4 is 11.8 Å². The molecule has 0 saturated carbocycles. The lowest BCUT2D eigenvalue weighted by molar-refractivity contribution is -0.302. The molecule has 1 aliphatic heterocycles. The summed E-state index contributed by atoms with van der Waals surface area (Å²) in [4.78, 5) is 24.0. The molecule has 2 amide bonds. The largest absolute Gasteiger partial charge is 0.394 e. The molecular weight excluding hydrogens is 869 g/mol. The summed E-state index contributed by atoms with van der Waals surface area (Å²) in [6.45, 7) is 7.06. The molecule has 0 aliphatic carbocycles. The highest BCUT2D eigenvalue weighted by Crippen LogP contribution is 2.22. The van der Waals surface area contributed by atoms with Crippen molar-refractivity contribution in [1.82, 2.24) is 10.6 Å². The lowest BCUT2D eigenvalue weighted by Gasteiger charge is -2.39. The fourth-order valence-electron chi connectivity index (χ4n) is 6.76. The molecule has 390 valence electrons. The second-order valence-corrected chi connectivity index (χ2v) is 16.5. The van der Waals surface area contributed by atoms with Crippen molar-refractivity contribution in [3.05, 3.63) is 0 Å². The molecule has 1 rings (SSSR count). The lowest BCUT2D eigenvalue weighted by Crippen LogP contribution is -2.59. The maximum atomic E-state index is 12.1. The van der Waals surface area contributed by atoms with E-state index in [2.05, 4.69) is 41.2 Å². The molecule has 0 aromatic heterocycles. The fraction of sp³-hybridized carbons (Fsp3) is 0.880. The zero-order chi connectivity index (χ0) is 48.5. The van der Waals surface area contributed by atoms with Gasteiger partial charge in [0.15, 0.2) is 6.29 Å². The molecule has 1 heterocycles. The Kier molecular flexibility index (Phi) is 45.3. The number of aliphatic hydroxyl groups excluding tert-OH is 4. The van der Waals surface area contributed by atoms with Crippen LogP contribution < -0.4 is 10.6 Å². The minimum atomic E-state index is -1.49. The van der Waals surface area contributed by atoms with Crippen molar-refractivity contribution in [2.24, 2.45) is 0 Å². The first kappa shape index (κ1) is 62.6. The van der Waals surface area contributed by atoms with Gasteiger partial charge in [-0.05, 0) is 31.1 Å². The summed E-state index contributed by atoms with van der Waals surface area (Å²) in [5.41, 5.74) is 0. The topological polar surface area (TPSA) is 222 Å². The molecule has 1 aliphatic rings. The van der Waals surface area contributed by atoms with Gasteiger partial charge in [-0.2, -0.15) is 0 Å². The van der Waals surface area contributed by atoms with Crippen molar-refractivity contribution in [2.45, 2.75) is 166 Å². The Morgan fingerprint density at radius 1 is 0.478 bits per heavy atom. The summed E-state index contributed by atoms with van der Waals surface area (Å²) in [7, 11) is 0. The Morgan fingerprint density at radius 3 is 1.36 bits per heavy atom. The van der Waals surface area contributed by atoms with Crippen LogP contribution in [0, 0.1) is 23.7 Å². The number of carbonyl (C=O) groups is 2. The zero-order valence-corrected chi connectivity index (χ0v) is 41.0. The van der Waals surface area contributed by atoms with Crippen LogP contribution in [0.4, 0.5) is 0 Å². The van der Waals surface area contributed by atoms with Crippen molar-refractivity contribution in [3.8, 4) is 23.7 Å². The molecule has 1 saturated heterocycles. The molecule has 0 aromatic carbocycles. The smallest absolute Gasteiger partial charge is 0.246 e. The summed E-state index contributed by atoms with van der Waals surface area (Å²) in [6.07, 6.45) is 17.3. The number of hydrogen-bond donors (Lipinski definition) is 6. The van der Waals surface area contributed by atoms with E-state index < -0.39 is 37.3 Å². The minimum absolute atomic E-state index is 0.0607. The predicted octanol–water partition coefficient (Wildman–Crippen LogP) is 3.98. The average molecular weight is 959 g/mol. The van der Waals surface area contributed by atoms with Crippen molar-refractivity contribution < 1.29 is 72.6 Å². The van der Waals surface area contributed by atoms with Crippen LogP contribution in [0.3, 0.4) is 0 Å². The van der Waals surface area contributed by atoms with Gasteiger partial charge in [-0.3, -0.25) is 9.59 Å². The number of carbonyl (C=O) groups excluding carboxylic acids is 2. The molecule has 1 fully saturated rings. The van der Waals surface area contributed by atoms with E-state index in [9.17, 15) is 30.0 Å². The summed E-state index contributed by atoms with van der Waals surface area (Å²) < 4.78 is 48.6. The number of hydrogen-bond acceptors (Lipinski definition) is 15. The van der Waals surface area contributed by atoms with Crippen LogP contribution in [0.1, 0.15) is 135 Å². The fourth-order valence-corrected chi connectivity index (χ4v) is 6.76. The molecule has 6 N–H and O–H groups in total. The van der Waals surface area contributed by atoms with Gasteiger partial charge in [0.2, 0.25) is 11.8 Å². The highest BCUT2D eigenvalue weighted by molar-refractivity contribution is 5.77. The second-order valence-electron chi connectivity index (χ2n) is 16.5. The SMILES string of the molecule is CCCCCCCCCCCCCC#CC#CCCCCCCCCC(=O)NCCOCCOCCOCCOCC(=O)NCCOCCOCCOCCO[C@H]1OC(CO)[C@@H](O)C(O)C1O. The normalized spacial score (nSPS) is 18.0. The Hall–Kier alpha value is -2.46. The van der Waals surface area contributed by atoms with Crippen LogP contribution in [-0.4, -0.2) is 182 Å². The van der Waals surface area contributed by atoms with Gasteiger partial charge in [0.1, 0.15) is 31.0 Å². The highest BCUT2D eigenvalue weighted by Gasteiger charge is 2.43. The van der Waals surface area contributed by atoms with Gasteiger partial charge >= 0.3 is 0 Å². The third kappa shape index (κ3) is 40.0. The lowest BCUT2D eigenvalue weighted by atomic mass is 9.99. The van der Waals surface area contributed by atoms with E-state index >= 15 is 0 Å². The molecule has 5 atom stereocenters. The highest BCUT2D eigenvalue weighted by atomic mass is 16.7. The first-order chi connectivity index (χ1) is 32.9. The Bertz CT molecular complexity index is 1260. The molecule has 0 bridgehead atoms. The van der Waals surface area contributed by atoms with Crippen LogP contribution in [-0.2, 0) is 52.2 Å². The molecule has 17 heteroatoms. The number of unbranched alkanes of at least 4 members (excludes halogenated alkanes) is 17. The average Bonchev–Trinajstić information content (AvgIpc) is 3.33. The van der Waals surface area contributed by atoms with Gasteiger partial charge < -0.3 is 73.7 Å². The maximum Gasteiger partial charge on any atom is 0.246 e. The number of aliphatic hydroxyl groups is 4. The first-order valence-electron chi connectivity index (χ1n) is 25.4. The maximum absolute atomic E-state index is 12.1. The standard InChI is InChI=1S/C50H90N2O15/c1-2-3-4-5-6-7-8-9-10-11-12-13-14-15-16-17-18-19-20-21-22-23-24-25-45(54)51-26-28-59-30-32-61-34-35-63-38-39-65-43-46(55)52-27-29-60-31-33-62-36-37-64-40-41-66-50-49(58)48(57)47(56)44(42-53)67-50/h44,47-50,53,56-58H,2-13,18-43H2,1H3,(H,51,54)(H,52,55)/t44?,47-,48?,49?,50+/m1/s1. The molecule has 0 radical (unpaired) electrons. The van der Waals surface area contributed by atoms with E-state index in [1.807, 2.05) is 0 Å². The van der Waals surface area contributed by atoms with E-state index in [4.69, 9.17) is 42.6 Å².